The average Bonchev–Trinajstić information content (AvgIpc) is 2.99. The molecule has 22 heavy (non-hydrogen) atoms. The summed E-state index contributed by atoms with van der Waals surface area (Å²) in [5.74, 6) is 0.106. The van der Waals surface area contributed by atoms with E-state index in [2.05, 4.69) is 10.3 Å². The molecule has 1 aliphatic heterocycles. The summed E-state index contributed by atoms with van der Waals surface area (Å²) >= 11 is 0. The van der Waals surface area contributed by atoms with Crippen LogP contribution in [0.25, 0.3) is 0 Å². The van der Waals surface area contributed by atoms with E-state index < -0.39 is 0 Å². The number of anilines is 1. The van der Waals surface area contributed by atoms with E-state index in [9.17, 15) is 4.79 Å². The maximum Gasteiger partial charge on any atom is 0.220 e. The van der Waals surface area contributed by atoms with E-state index >= 15 is 0 Å². The normalized spacial score (nSPS) is 17.3. The van der Waals surface area contributed by atoms with Crippen molar-refractivity contribution < 1.29 is 9.63 Å². The molecular formula is C17H19N3O2. The second kappa shape index (κ2) is 7.04. The largest absolute Gasteiger partial charge is 0.351 e. The van der Waals surface area contributed by atoms with Crippen molar-refractivity contribution in [3.63, 3.8) is 0 Å². The van der Waals surface area contributed by atoms with E-state index in [1.807, 2.05) is 47.5 Å². The minimum Gasteiger partial charge on any atom is -0.351 e. The van der Waals surface area contributed by atoms with Crippen LogP contribution in [0.3, 0.4) is 0 Å². The topological polar surface area (TPSA) is 54.5 Å². The van der Waals surface area contributed by atoms with Gasteiger partial charge in [-0.1, -0.05) is 18.2 Å². The van der Waals surface area contributed by atoms with Gasteiger partial charge in [0, 0.05) is 18.8 Å². The van der Waals surface area contributed by atoms with Crippen LogP contribution in [-0.4, -0.2) is 23.5 Å². The maximum atomic E-state index is 11.3. The summed E-state index contributed by atoms with van der Waals surface area (Å²) < 4.78 is 0. The molecule has 1 aliphatic rings. The molecule has 5 nitrogen and oxygen atoms in total. The lowest BCUT2D eigenvalue weighted by Crippen LogP contribution is -2.34. The lowest BCUT2D eigenvalue weighted by atomic mass is 10.2. The Balaban J connectivity index is 1.67. The number of benzene rings is 1. The van der Waals surface area contributed by atoms with Crippen LogP contribution in [0, 0.1) is 0 Å². The van der Waals surface area contributed by atoms with Crippen molar-refractivity contribution in [1.29, 1.82) is 0 Å². The number of nitrogens with one attached hydrogen (secondary N) is 1. The Bertz CT molecular complexity index is 604. The fourth-order valence-electron chi connectivity index (χ4n) is 2.44. The Morgan fingerprint density at radius 1 is 1.18 bits per heavy atom. The highest BCUT2D eigenvalue weighted by Gasteiger charge is 2.22. The Morgan fingerprint density at radius 3 is 2.64 bits per heavy atom. The predicted molar refractivity (Wildman–Crippen MR) is 84.0 cm³/mol. The number of carbonyl (C=O) groups is 1. The quantitative estimate of drug-likeness (QED) is 0.831. The van der Waals surface area contributed by atoms with Crippen molar-refractivity contribution in [2.75, 3.05) is 11.7 Å². The van der Waals surface area contributed by atoms with Crippen molar-refractivity contribution in [1.82, 2.24) is 10.3 Å². The van der Waals surface area contributed by atoms with Crippen LogP contribution in [-0.2, 0) is 16.2 Å². The molecule has 5 heteroatoms. The van der Waals surface area contributed by atoms with Crippen LogP contribution < -0.4 is 10.4 Å². The third kappa shape index (κ3) is 3.83. The molecule has 1 unspecified atom stereocenters. The van der Waals surface area contributed by atoms with E-state index in [1.165, 1.54) is 0 Å². The van der Waals surface area contributed by atoms with Crippen LogP contribution in [0.1, 0.15) is 18.4 Å². The van der Waals surface area contributed by atoms with E-state index in [-0.39, 0.29) is 11.9 Å². The number of nitrogens with zero attached hydrogens (tertiary/aromatic N) is 2. The Morgan fingerprint density at radius 2 is 1.95 bits per heavy atom. The molecule has 114 valence electrons. The highest BCUT2D eigenvalue weighted by molar-refractivity contribution is 5.78. The Labute approximate surface area is 129 Å². The predicted octanol–water partition coefficient (Wildman–Crippen LogP) is 2.30. The number of amides is 1. The number of hydrogen-bond acceptors (Lipinski definition) is 4. The zero-order chi connectivity index (χ0) is 15.2. The minimum absolute atomic E-state index is 0.0937. The molecule has 0 spiro atoms. The molecular weight excluding hydrogens is 278 g/mol. The summed E-state index contributed by atoms with van der Waals surface area (Å²) in [6, 6.07) is 14.0. The number of para-hydroxylation sites is 1. The number of pyridine rings is 1. The molecule has 0 radical (unpaired) electrons. The molecule has 1 fully saturated rings. The molecule has 0 aliphatic carbocycles. The van der Waals surface area contributed by atoms with Crippen LogP contribution in [0.15, 0.2) is 54.9 Å². The first-order valence-electron chi connectivity index (χ1n) is 7.45. The molecule has 1 atom stereocenters. The first kappa shape index (κ1) is 14.5. The summed E-state index contributed by atoms with van der Waals surface area (Å²) in [6.07, 6.45) is 4.96. The smallest absolute Gasteiger partial charge is 0.220 e. The van der Waals surface area contributed by atoms with Gasteiger partial charge in [0.1, 0.15) is 0 Å². The number of hydroxylamine groups is 1. The van der Waals surface area contributed by atoms with Gasteiger partial charge in [-0.15, -0.1) is 0 Å². The van der Waals surface area contributed by atoms with Crippen molar-refractivity contribution in [2.45, 2.75) is 25.4 Å². The summed E-state index contributed by atoms with van der Waals surface area (Å²) in [5, 5.41) is 4.78. The van der Waals surface area contributed by atoms with Gasteiger partial charge in [-0.25, -0.2) is 5.06 Å². The van der Waals surface area contributed by atoms with Crippen LogP contribution in [0.2, 0.25) is 0 Å². The van der Waals surface area contributed by atoms with Crippen molar-refractivity contribution >= 4 is 11.6 Å². The molecule has 1 amide bonds. The summed E-state index contributed by atoms with van der Waals surface area (Å²) in [6.45, 7) is 1.11. The van der Waals surface area contributed by atoms with E-state index in [4.69, 9.17) is 4.84 Å². The maximum absolute atomic E-state index is 11.3. The summed E-state index contributed by atoms with van der Waals surface area (Å²) in [4.78, 5) is 21.3. The molecule has 1 aromatic heterocycles. The van der Waals surface area contributed by atoms with Gasteiger partial charge in [-0.05, 0) is 36.2 Å². The van der Waals surface area contributed by atoms with Crippen LogP contribution in [0.5, 0.6) is 0 Å². The lowest BCUT2D eigenvalue weighted by molar-refractivity contribution is -0.119. The zero-order valence-corrected chi connectivity index (χ0v) is 12.3. The standard InChI is InChI=1S/C17H19N3O2/c21-17-7-6-15(19-17)13-22-20(16-4-2-1-3-5-16)12-14-8-10-18-11-9-14/h1-5,8-11,15H,6-7,12-13H2,(H,19,21). The lowest BCUT2D eigenvalue weighted by Gasteiger charge is -2.25. The Hall–Kier alpha value is -2.40. The second-order valence-corrected chi connectivity index (χ2v) is 5.33. The van der Waals surface area contributed by atoms with E-state index in [1.54, 1.807) is 12.4 Å². The third-order valence-corrected chi connectivity index (χ3v) is 3.64. The van der Waals surface area contributed by atoms with Gasteiger partial charge in [0.2, 0.25) is 5.91 Å². The van der Waals surface area contributed by atoms with Gasteiger partial charge >= 0.3 is 0 Å². The minimum atomic E-state index is 0.0937. The molecule has 2 aromatic rings. The second-order valence-electron chi connectivity index (χ2n) is 5.33. The van der Waals surface area contributed by atoms with Gasteiger partial charge < -0.3 is 5.32 Å². The Kier molecular flexibility index (Phi) is 4.65. The molecule has 1 saturated heterocycles. The summed E-state index contributed by atoms with van der Waals surface area (Å²) in [5.41, 5.74) is 2.11. The number of rotatable bonds is 6. The number of hydrogen-bond donors (Lipinski definition) is 1. The van der Waals surface area contributed by atoms with Crippen molar-refractivity contribution in [3.05, 3.63) is 60.4 Å². The number of aromatic nitrogens is 1. The first-order valence-corrected chi connectivity index (χ1v) is 7.45. The van der Waals surface area contributed by atoms with Crippen molar-refractivity contribution in [2.24, 2.45) is 0 Å². The average molecular weight is 297 g/mol. The van der Waals surface area contributed by atoms with Gasteiger partial charge in [0.05, 0.1) is 24.9 Å². The van der Waals surface area contributed by atoms with E-state index in [0.717, 1.165) is 17.7 Å². The SMILES string of the molecule is O=C1CCC(CON(Cc2ccncc2)c2ccccc2)N1. The molecule has 2 heterocycles. The monoisotopic (exact) mass is 297 g/mol. The summed E-state index contributed by atoms with van der Waals surface area (Å²) in [7, 11) is 0. The molecule has 3 rings (SSSR count). The van der Waals surface area contributed by atoms with Gasteiger partial charge in [-0.2, -0.15) is 0 Å². The molecule has 0 saturated carbocycles. The highest BCUT2D eigenvalue weighted by Crippen LogP contribution is 2.18. The zero-order valence-electron chi connectivity index (χ0n) is 12.3. The van der Waals surface area contributed by atoms with Gasteiger partial charge in [-0.3, -0.25) is 14.6 Å². The molecule has 1 N–H and O–H groups in total. The van der Waals surface area contributed by atoms with Gasteiger partial charge in [0.25, 0.3) is 0 Å². The fourth-order valence-corrected chi connectivity index (χ4v) is 2.44. The number of carbonyl (C=O) groups excluding carboxylic acids is 1. The fraction of sp³-hybridized carbons (Fsp3) is 0.294. The first-order chi connectivity index (χ1) is 10.8. The van der Waals surface area contributed by atoms with E-state index in [0.29, 0.717) is 19.6 Å². The molecule has 1 aromatic carbocycles. The van der Waals surface area contributed by atoms with Crippen LogP contribution in [0.4, 0.5) is 5.69 Å². The highest BCUT2D eigenvalue weighted by atomic mass is 16.7. The van der Waals surface area contributed by atoms with Crippen LogP contribution >= 0.6 is 0 Å². The third-order valence-electron chi connectivity index (χ3n) is 3.64. The van der Waals surface area contributed by atoms with Gasteiger partial charge in [0.15, 0.2) is 0 Å². The molecule has 0 bridgehead atoms. The van der Waals surface area contributed by atoms with Crippen molar-refractivity contribution in [3.8, 4) is 0 Å².